The van der Waals surface area contributed by atoms with E-state index < -0.39 is 0 Å². The molecule has 2 fully saturated rings. The van der Waals surface area contributed by atoms with Gasteiger partial charge in [-0.1, -0.05) is 12.1 Å². The van der Waals surface area contributed by atoms with Crippen LogP contribution in [0.15, 0.2) is 29.4 Å². The quantitative estimate of drug-likeness (QED) is 0.360. The number of hydrazone groups is 1. The van der Waals surface area contributed by atoms with Gasteiger partial charge in [0.2, 0.25) is 5.91 Å². The second-order valence-corrected chi connectivity index (χ2v) is 7.28. The molecule has 3 rings (SSSR count). The molecular weight excluding hydrogens is 362 g/mol. The Labute approximate surface area is 165 Å². The van der Waals surface area contributed by atoms with E-state index in [1.807, 2.05) is 36.1 Å². The maximum Gasteiger partial charge on any atom is 0.227 e. The maximum atomic E-state index is 11.8. The summed E-state index contributed by atoms with van der Waals surface area (Å²) >= 11 is 5.29. The zero-order chi connectivity index (χ0) is 19.1. The van der Waals surface area contributed by atoms with Crippen LogP contribution in [0.4, 0.5) is 5.69 Å². The van der Waals surface area contributed by atoms with Gasteiger partial charge in [-0.15, -0.1) is 0 Å². The normalized spacial score (nSPS) is 18.6. The minimum Gasteiger partial charge on any atom is -0.370 e. The summed E-state index contributed by atoms with van der Waals surface area (Å²) in [6.07, 6.45) is 1.58. The largest absolute Gasteiger partial charge is 0.370 e. The molecule has 0 bridgehead atoms. The van der Waals surface area contributed by atoms with E-state index in [2.05, 4.69) is 15.8 Å². The van der Waals surface area contributed by atoms with Crippen LogP contribution in [0.1, 0.15) is 25.3 Å². The summed E-state index contributed by atoms with van der Waals surface area (Å²) in [7, 11) is 0. The Hall–Kier alpha value is -2.03. The van der Waals surface area contributed by atoms with Crippen LogP contribution in [-0.2, 0) is 9.53 Å². The molecule has 3 N–H and O–H groups in total. The van der Waals surface area contributed by atoms with Crippen LogP contribution in [0, 0.1) is 0 Å². The summed E-state index contributed by atoms with van der Waals surface area (Å²) in [5, 5.41) is 8.08. The van der Waals surface area contributed by atoms with E-state index in [0.717, 1.165) is 69.3 Å². The first-order valence-corrected chi connectivity index (χ1v) is 9.94. The predicted molar refractivity (Wildman–Crippen MR) is 110 cm³/mol. The van der Waals surface area contributed by atoms with Crippen molar-refractivity contribution in [1.82, 2.24) is 10.7 Å². The van der Waals surface area contributed by atoms with Crippen molar-refractivity contribution in [3.05, 3.63) is 29.8 Å². The van der Waals surface area contributed by atoms with Gasteiger partial charge in [0.1, 0.15) is 13.1 Å². The molecule has 0 aromatic heterocycles. The monoisotopic (exact) mass is 390 g/mol. The van der Waals surface area contributed by atoms with Crippen LogP contribution in [0.5, 0.6) is 0 Å². The number of anilines is 1. The van der Waals surface area contributed by atoms with E-state index in [-0.39, 0.29) is 5.91 Å². The van der Waals surface area contributed by atoms with Crippen LogP contribution >= 0.6 is 12.2 Å². The SMILES string of the molecule is C/C(=N/NC(=S)NCC[NH+]1CCOCC1)c1ccc(N2CCCC2=O)cc1. The molecule has 2 aliphatic heterocycles. The van der Waals surface area contributed by atoms with Gasteiger partial charge in [0.05, 0.1) is 32.0 Å². The fourth-order valence-corrected chi connectivity index (χ4v) is 3.45. The molecule has 2 saturated heterocycles. The Morgan fingerprint density at radius 3 is 2.70 bits per heavy atom. The fourth-order valence-electron chi connectivity index (χ4n) is 3.31. The molecular formula is C19H28N5O2S+. The number of nitrogens with zero attached hydrogens (tertiary/aromatic N) is 2. The Bertz CT molecular complexity index is 686. The molecule has 1 aromatic rings. The van der Waals surface area contributed by atoms with Gasteiger partial charge < -0.3 is 19.9 Å². The third-order valence-corrected chi connectivity index (χ3v) is 5.19. The van der Waals surface area contributed by atoms with Crippen LogP contribution in [0.25, 0.3) is 0 Å². The number of amides is 1. The molecule has 146 valence electrons. The highest BCUT2D eigenvalue weighted by molar-refractivity contribution is 7.80. The smallest absolute Gasteiger partial charge is 0.227 e. The number of carbonyl (C=O) groups excluding carboxylic acids is 1. The van der Waals surface area contributed by atoms with Gasteiger partial charge in [-0.2, -0.15) is 5.10 Å². The summed E-state index contributed by atoms with van der Waals surface area (Å²) in [4.78, 5) is 15.2. The number of rotatable bonds is 6. The third kappa shape index (κ3) is 5.72. The lowest BCUT2D eigenvalue weighted by Gasteiger charge is -2.23. The van der Waals surface area contributed by atoms with Crippen molar-refractivity contribution in [3.8, 4) is 0 Å². The van der Waals surface area contributed by atoms with E-state index in [4.69, 9.17) is 17.0 Å². The average Bonchev–Trinajstić information content (AvgIpc) is 3.13. The minimum absolute atomic E-state index is 0.199. The van der Waals surface area contributed by atoms with Crippen LogP contribution < -0.4 is 20.5 Å². The molecule has 2 aliphatic rings. The Balaban J connectivity index is 1.43. The molecule has 8 heteroatoms. The first-order valence-electron chi connectivity index (χ1n) is 9.54. The number of hydrogen-bond donors (Lipinski definition) is 3. The Morgan fingerprint density at radius 2 is 2.04 bits per heavy atom. The Morgan fingerprint density at radius 1 is 1.30 bits per heavy atom. The van der Waals surface area contributed by atoms with Crippen molar-refractivity contribution in [2.24, 2.45) is 5.10 Å². The van der Waals surface area contributed by atoms with Crippen molar-refractivity contribution in [2.45, 2.75) is 19.8 Å². The zero-order valence-corrected chi connectivity index (χ0v) is 16.6. The van der Waals surface area contributed by atoms with Gasteiger partial charge in [0.15, 0.2) is 5.11 Å². The summed E-state index contributed by atoms with van der Waals surface area (Å²) < 4.78 is 5.36. The summed E-state index contributed by atoms with van der Waals surface area (Å²) in [5.41, 5.74) is 5.70. The summed E-state index contributed by atoms with van der Waals surface area (Å²) in [6.45, 7) is 8.36. The van der Waals surface area contributed by atoms with Crippen molar-refractivity contribution in [1.29, 1.82) is 0 Å². The van der Waals surface area contributed by atoms with E-state index >= 15 is 0 Å². The molecule has 2 heterocycles. The van der Waals surface area contributed by atoms with Gasteiger partial charge >= 0.3 is 0 Å². The number of quaternary nitrogens is 1. The van der Waals surface area contributed by atoms with Crippen molar-refractivity contribution < 1.29 is 14.4 Å². The zero-order valence-electron chi connectivity index (χ0n) is 15.8. The first-order chi connectivity index (χ1) is 13.1. The van der Waals surface area contributed by atoms with Gasteiger partial charge in [-0.25, -0.2) is 0 Å². The van der Waals surface area contributed by atoms with Crippen LogP contribution in [0.3, 0.4) is 0 Å². The van der Waals surface area contributed by atoms with E-state index in [1.165, 1.54) is 4.90 Å². The standard InChI is InChI=1S/C19H27N5O2S/c1-15(16-4-6-17(7-5-16)24-9-2-3-18(24)25)21-22-19(27)20-8-10-23-11-13-26-14-12-23/h4-7H,2-3,8-14H2,1H3,(H2,20,22,27)/p+1/b21-15-. The number of ether oxygens (including phenoxy) is 1. The number of morpholine rings is 1. The van der Waals surface area contributed by atoms with E-state index in [1.54, 1.807) is 0 Å². The Kier molecular flexibility index (Phi) is 7.14. The fraction of sp³-hybridized carbons (Fsp3) is 0.526. The maximum absolute atomic E-state index is 11.8. The molecule has 0 saturated carbocycles. The summed E-state index contributed by atoms with van der Waals surface area (Å²) in [6, 6.07) is 7.91. The van der Waals surface area contributed by atoms with Crippen LogP contribution in [-0.4, -0.2) is 62.7 Å². The molecule has 0 aliphatic carbocycles. The number of benzene rings is 1. The van der Waals surface area contributed by atoms with Crippen molar-refractivity contribution in [3.63, 3.8) is 0 Å². The number of nitrogens with one attached hydrogen (secondary N) is 3. The topological polar surface area (TPSA) is 70.4 Å². The molecule has 27 heavy (non-hydrogen) atoms. The molecule has 0 atom stereocenters. The van der Waals surface area contributed by atoms with Crippen molar-refractivity contribution in [2.75, 3.05) is 50.8 Å². The molecule has 7 nitrogen and oxygen atoms in total. The van der Waals surface area contributed by atoms with E-state index in [9.17, 15) is 4.79 Å². The van der Waals surface area contributed by atoms with Crippen molar-refractivity contribution >= 4 is 34.6 Å². The highest BCUT2D eigenvalue weighted by atomic mass is 32.1. The highest BCUT2D eigenvalue weighted by Gasteiger charge is 2.21. The van der Waals surface area contributed by atoms with E-state index in [0.29, 0.717) is 11.5 Å². The van der Waals surface area contributed by atoms with Crippen LogP contribution in [0.2, 0.25) is 0 Å². The molecule has 1 amide bonds. The number of hydrogen-bond acceptors (Lipinski definition) is 4. The third-order valence-electron chi connectivity index (χ3n) is 4.96. The second-order valence-electron chi connectivity index (χ2n) is 6.87. The lowest BCUT2D eigenvalue weighted by Crippen LogP contribution is -3.14. The lowest BCUT2D eigenvalue weighted by molar-refractivity contribution is -0.906. The van der Waals surface area contributed by atoms with Gasteiger partial charge in [-0.05, 0) is 43.3 Å². The molecule has 0 radical (unpaired) electrons. The molecule has 0 spiro atoms. The summed E-state index contributed by atoms with van der Waals surface area (Å²) in [5.74, 6) is 0.199. The molecule has 1 aromatic carbocycles. The number of thiocarbonyl (C=S) groups is 1. The second kappa shape index (κ2) is 9.77. The van der Waals surface area contributed by atoms with Gasteiger partial charge in [0, 0.05) is 18.7 Å². The average molecular weight is 391 g/mol. The first kappa shape index (κ1) is 19.7. The molecule has 0 unspecified atom stereocenters. The van der Waals surface area contributed by atoms with Gasteiger partial charge in [-0.3, -0.25) is 10.2 Å². The van der Waals surface area contributed by atoms with Gasteiger partial charge in [0.25, 0.3) is 0 Å². The lowest BCUT2D eigenvalue weighted by atomic mass is 10.1. The predicted octanol–water partition coefficient (Wildman–Crippen LogP) is -0.0834. The number of carbonyl (C=O) groups is 1. The minimum atomic E-state index is 0.199. The highest BCUT2D eigenvalue weighted by Crippen LogP contribution is 2.21.